The molecule has 0 saturated carbocycles. The van der Waals surface area contributed by atoms with Gasteiger partial charge in [0, 0.05) is 24.6 Å². The molecule has 2 unspecified atom stereocenters. The molecule has 0 aliphatic carbocycles. The first kappa shape index (κ1) is 34.5. The van der Waals surface area contributed by atoms with Gasteiger partial charge in [0.25, 0.3) is 17.5 Å². The van der Waals surface area contributed by atoms with Crippen molar-refractivity contribution in [2.75, 3.05) is 12.8 Å². The number of nitrogens with one attached hydrogen (secondary N) is 2. The van der Waals surface area contributed by atoms with Crippen LogP contribution in [0, 0.1) is 10.1 Å². The Morgan fingerprint density at radius 2 is 1.93 bits per heavy atom. The Kier molecular flexibility index (Phi) is 11.1. The molecule has 2 aromatic rings. The van der Waals surface area contributed by atoms with Gasteiger partial charge < -0.3 is 27.4 Å². The molecule has 0 radical (unpaired) electrons. The quantitative estimate of drug-likeness (QED) is 0.0351. The first-order valence-electron chi connectivity index (χ1n) is 11.3. The van der Waals surface area contributed by atoms with Crippen LogP contribution in [0.15, 0.2) is 34.8 Å². The van der Waals surface area contributed by atoms with Crippen molar-refractivity contribution >= 4 is 61.9 Å². The summed E-state index contributed by atoms with van der Waals surface area (Å²) < 4.78 is 37.4. The molecule has 1 fully saturated rings. The SMILES string of the molecule is CNC(=O)C1C(NC(=O)/C(=N\OC(C)(C)C(=O)OCc2ccc([N+](=O)[O-])cc2)c2csc(N)n2)C(=O)N1S(=O)(=O)O.[H-].[Na+]. The van der Waals surface area contributed by atoms with Crippen LogP contribution in [-0.2, 0) is 45.7 Å². The van der Waals surface area contributed by atoms with E-state index in [0.717, 1.165) is 18.4 Å². The van der Waals surface area contributed by atoms with Gasteiger partial charge in [0.2, 0.25) is 11.5 Å². The minimum atomic E-state index is -5.12. The minimum Gasteiger partial charge on any atom is -1.00 e. The van der Waals surface area contributed by atoms with Crippen LogP contribution < -0.4 is 45.9 Å². The molecular formula is C21H24N7NaO11S2. The number of anilines is 1. The van der Waals surface area contributed by atoms with E-state index >= 15 is 0 Å². The fraction of sp³-hybridized carbons (Fsp3) is 0.333. The number of nitrogens with two attached hydrogens (primary N) is 1. The van der Waals surface area contributed by atoms with Gasteiger partial charge in [-0.25, -0.2) is 9.78 Å². The number of oxime groups is 1. The zero-order valence-electron chi connectivity index (χ0n) is 23.5. The number of aromatic nitrogens is 1. The number of carbonyl (C=O) groups is 4. The van der Waals surface area contributed by atoms with Crippen LogP contribution in [-0.4, -0.2) is 81.3 Å². The molecule has 3 rings (SSSR count). The predicted octanol–water partition coefficient (Wildman–Crippen LogP) is -3.76. The molecule has 21 heteroatoms. The first-order chi connectivity index (χ1) is 19.1. The van der Waals surface area contributed by atoms with Gasteiger partial charge in [0.1, 0.15) is 18.3 Å². The van der Waals surface area contributed by atoms with Gasteiger partial charge >= 0.3 is 45.8 Å². The molecule has 18 nitrogen and oxygen atoms in total. The summed E-state index contributed by atoms with van der Waals surface area (Å²) in [6.07, 6.45) is 0. The molecule has 1 aromatic heterocycles. The first-order valence-corrected chi connectivity index (χ1v) is 13.6. The Bertz CT molecular complexity index is 1530. The number of esters is 1. The van der Waals surface area contributed by atoms with E-state index in [9.17, 15) is 42.3 Å². The fourth-order valence-corrected chi connectivity index (χ4v) is 4.70. The van der Waals surface area contributed by atoms with E-state index in [1.54, 1.807) is 0 Å². The van der Waals surface area contributed by atoms with Crippen molar-refractivity contribution in [2.45, 2.75) is 38.1 Å². The molecule has 1 aromatic carbocycles. The number of hydrogen-bond acceptors (Lipinski definition) is 14. The molecule has 0 bridgehead atoms. The van der Waals surface area contributed by atoms with Crippen LogP contribution in [0.3, 0.4) is 0 Å². The summed E-state index contributed by atoms with van der Waals surface area (Å²) in [5, 5.41) is 20.1. The van der Waals surface area contributed by atoms with Crippen molar-refractivity contribution in [3.63, 3.8) is 0 Å². The van der Waals surface area contributed by atoms with Gasteiger partial charge in [0.05, 0.1) is 4.92 Å². The molecule has 222 valence electrons. The normalized spacial score (nSPS) is 16.9. The summed E-state index contributed by atoms with van der Waals surface area (Å²) in [5.74, 6) is -4.40. The average molecular weight is 638 g/mol. The van der Waals surface area contributed by atoms with Crippen LogP contribution in [0.25, 0.3) is 0 Å². The largest absolute Gasteiger partial charge is 1.00 e. The Morgan fingerprint density at radius 3 is 2.43 bits per heavy atom. The molecule has 1 aliphatic rings. The molecule has 0 spiro atoms. The minimum absolute atomic E-state index is 0. The number of rotatable bonds is 11. The second-order valence-electron chi connectivity index (χ2n) is 8.73. The second kappa shape index (κ2) is 13.5. The number of non-ortho nitro benzene ring substituents is 1. The number of nitro benzene ring substituents is 1. The van der Waals surface area contributed by atoms with E-state index in [0.29, 0.717) is 5.56 Å². The van der Waals surface area contributed by atoms with E-state index in [4.69, 9.17) is 15.3 Å². The standard InChI is InChI=1S/C21H23N7O11S2.Na.H/c1-21(2,19(32)38-8-10-4-6-11(7-5-10)28(33)34)39-26-13(12-9-40-20(22)24-12)16(29)25-14-15(17(30)23-3)27(18(14)31)41(35,36)37;;/h4-7,9,14-15H,8H2,1-3H3,(H2,22,24)(H,23,30)(H,25,29)(H,35,36,37);;/q;+1;-1/b26-13-;;. The van der Waals surface area contributed by atoms with Gasteiger partial charge in [-0.15, -0.1) is 11.3 Å². The summed E-state index contributed by atoms with van der Waals surface area (Å²) in [6, 6.07) is 1.73. The van der Waals surface area contributed by atoms with Crippen molar-refractivity contribution in [3.8, 4) is 0 Å². The van der Waals surface area contributed by atoms with Crippen molar-refractivity contribution in [3.05, 3.63) is 51.0 Å². The van der Waals surface area contributed by atoms with E-state index < -0.39 is 62.3 Å². The molecule has 42 heavy (non-hydrogen) atoms. The number of benzene rings is 1. The smallest absolute Gasteiger partial charge is 1.00 e. The van der Waals surface area contributed by atoms with Crippen molar-refractivity contribution in [2.24, 2.45) is 5.16 Å². The number of amides is 3. The Morgan fingerprint density at radius 1 is 1.31 bits per heavy atom. The third-order valence-corrected chi connectivity index (χ3v) is 7.03. The van der Waals surface area contributed by atoms with Gasteiger partial charge in [-0.05, 0) is 31.5 Å². The average Bonchev–Trinajstić information content (AvgIpc) is 3.33. The number of thiazole rings is 1. The van der Waals surface area contributed by atoms with Gasteiger partial charge in [0.15, 0.2) is 16.9 Å². The number of nitro groups is 1. The topological polar surface area (TPSA) is 263 Å². The maximum Gasteiger partial charge on any atom is 1.00 e. The molecule has 2 heterocycles. The molecule has 1 saturated heterocycles. The number of carbonyl (C=O) groups excluding carboxylic acids is 4. The zero-order valence-corrected chi connectivity index (χ0v) is 26.1. The fourth-order valence-electron chi connectivity index (χ4n) is 3.31. The van der Waals surface area contributed by atoms with E-state index in [1.165, 1.54) is 43.5 Å². The van der Waals surface area contributed by atoms with E-state index in [-0.39, 0.29) is 58.4 Å². The van der Waals surface area contributed by atoms with Crippen LogP contribution in [0.1, 0.15) is 26.5 Å². The van der Waals surface area contributed by atoms with E-state index in [1.807, 2.05) is 0 Å². The Hall–Kier alpha value is -3.69. The van der Waals surface area contributed by atoms with E-state index in [2.05, 4.69) is 20.8 Å². The van der Waals surface area contributed by atoms with Crippen LogP contribution in [0.2, 0.25) is 0 Å². The van der Waals surface area contributed by atoms with Crippen molar-refractivity contribution in [1.29, 1.82) is 0 Å². The van der Waals surface area contributed by atoms with Crippen LogP contribution in [0.5, 0.6) is 0 Å². The molecular weight excluding hydrogens is 613 g/mol. The molecule has 3 amide bonds. The summed E-state index contributed by atoms with van der Waals surface area (Å²) in [4.78, 5) is 69.7. The molecule has 2 atom stereocenters. The number of β-lactam (4-membered cyclic amide) rings is 1. The van der Waals surface area contributed by atoms with Crippen LogP contribution >= 0.6 is 11.3 Å². The van der Waals surface area contributed by atoms with Crippen LogP contribution in [0.4, 0.5) is 10.8 Å². The van der Waals surface area contributed by atoms with Gasteiger partial charge in [-0.1, -0.05) is 5.16 Å². The summed E-state index contributed by atoms with van der Waals surface area (Å²) >= 11 is 0.915. The van der Waals surface area contributed by atoms with Gasteiger partial charge in [-0.2, -0.15) is 12.7 Å². The van der Waals surface area contributed by atoms with Crippen molar-refractivity contribution < 1.29 is 77.6 Å². The maximum atomic E-state index is 13.1. The molecule has 5 N–H and O–H groups in total. The number of hydrogen-bond donors (Lipinski definition) is 4. The number of nitrogens with zero attached hydrogens (tertiary/aromatic N) is 4. The number of likely N-dealkylation sites (N-methyl/N-ethyl adjacent to an activating group) is 1. The summed E-state index contributed by atoms with van der Waals surface area (Å²) in [5.41, 5.74) is 3.39. The zero-order chi connectivity index (χ0) is 30.7. The number of ether oxygens (including phenoxy) is 1. The Labute approximate surface area is 265 Å². The predicted molar refractivity (Wildman–Crippen MR) is 140 cm³/mol. The maximum absolute atomic E-state index is 13.1. The summed E-state index contributed by atoms with van der Waals surface area (Å²) in [7, 11) is -3.97. The second-order valence-corrected chi connectivity index (χ2v) is 10.9. The third kappa shape index (κ3) is 7.77. The third-order valence-electron chi connectivity index (χ3n) is 5.46. The van der Waals surface area contributed by atoms with Crippen molar-refractivity contribution in [1.82, 2.24) is 19.9 Å². The van der Waals surface area contributed by atoms with Gasteiger partial charge in [-0.3, -0.25) is 29.1 Å². The molecule has 1 aliphatic heterocycles. The number of nitrogen functional groups attached to an aromatic ring is 1. The summed E-state index contributed by atoms with van der Waals surface area (Å²) in [6.45, 7) is 2.26. The monoisotopic (exact) mass is 637 g/mol. The Balaban J connectivity index is 0.00000462.